The minimum Gasteiger partial charge on any atom is -0.483 e. The molecule has 3 rings (SSSR count). The summed E-state index contributed by atoms with van der Waals surface area (Å²) >= 11 is 3.39. The molecule has 6 nitrogen and oxygen atoms in total. The van der Waals surface area contributed by atoms with E-state index in [4.69, 9.17) is 9.47 Å². The summed E-state index contributed by atoms with van der Waals surface area (Å²) in [5.74, 6) is 0.247. The molecule has 0 bridgehead atoms. The Bertz CT molecular complexity index is 833. The summed E-state index contributed by atoms with van der Waals surface area (Å²) in [6, 6.07) is 12.4. The molecule has 1 atom stereocenters. The summed E-state index contributed by atoms with van der Waals surface area (Å²) in [5.41, 5.74) is 2.09. The maximum Gasteiger partial charge on any atom is 0.262 e. The SMILES string of the molecule is Cc1cc(Br)ccc1OCC(=O)Nc1ccc(C(=O)NCC2CCCO2)cc1. The maximum atomic E-state index is 12.2. The number of benzene rings is 2. The molecule has 1 aliphatic heterocycles. The third kappa shape index (κ3) is 5.81. The van der Waals surface area contributed by atoms with Gasteiger partial charge in [0.25, 0.3) is 11.8 Å². The highest BCUT2D eigenvalue weighted by molar-refractivity contribution is 9.10. The Morgan fingerprint density at radius 3 is 2.68 bits per heavy atom. The van der Waals surface area contributed by atoms with E-state index in [1.807, 2.05) is 25.1 Å². The van der Waals surface area contributed by atoms with E-state index >= 15 is 0 Å². The maximum absolute atomic E-state index is 12.2. The molecule has 2 N–H and O–H groups in total. The number of anilines is 1. The molecule has 2 aromatic carbocycles. The normalized spacial score (nSPS) is 15.9. The molecule has 2 aromatic rings. The molecule has 0 spiro atoms. The molecule has 1 saturated heterocycles. The van der Waals surface area contributed by atoms with Gasteiger partial charge in [-0.3, -0.25) is 9.59 Å². The second-order valence-corrected chi connectivity index (χ2v) is 7.58. The minimum absolute atomic E-state index is 0.0912. The van der Waals surface area contributed by atoms with Crippen molar-refractivity contribution < 1.29 is 19.1 Å². The molecule has 148 valence electrons. The van der Waals surface area contributed by atoms with Crippen LogP contribution in [-0.2, 0) is 9.53 Å². The van der Waals surface area contributed by atoms with Gasteiger partial charge in [-0.15, -0.1) is 0 Å². The fourth-order valence-electron chi connectivity index (χ4n) is 2.93. The Labute approximate surface area is 172 Å². The average Bonchev–Trinajstić information content (AvgIpc) is 3.19. The van der Waals surface area contributed by atoms with Crippen molar-refractivity contribution in [1.29, 1.82) is 0 Å². The largest absolute Gasteiger partial charge is 0.483 e. The molecular weight excluding hydrogens is 424 g/mol. The lowest BCUT2D eigenvalue weighted by atomic mass is 10.2. The van der Waals surface area contributed by atoms with Crippen molar-refractivity contribution in [3.63, 3.8) is 0 Å². The van der Waals surface area contributed by atoms with E-state index in [9.17, 15) is 9.59 Å². The number of nitrogens with one attached hydrogen (secondary N) is 2. The third-order valence-electron chi connectivity index (χ3n) is 4.44. The molecular formula is C21H23BrN2O4. The number of hydrogen-bond acceptors (Lipinski definition) is 4. The van der Waals surface area contributed by atoms with Gasteiger partial charge >= 0.3 is 0 Å². The van der Waals surface area contributed by atoms with Crippen LogP contribution in [0.15, 0.2) is 46.9 Å². The van der Waals surface area contributed by atoms with Crippen molar-refractivity contribution in [2.24, 2.45) is 0 Å². The summed E-state index contributed by atoms with van der Waals surface area (Å²) in [6.07, 6.45) is 2.13. The van der Waals surface area contributed by atoms with E-state index in [0.29, 0.717) is 23.5 Å². The Kier molecular flexibility index (Phi) is 7.06. The van der Waals surface area contributed by atoms with Gasteiger partial charge in [-0.2, -0.15) is 0 Å². The van der Waals surface area contributed by atoms with Gasteiger partial charge in [0.1, 0.15) is 5.75 Å². The zero-order valence-corrected chi connectivity index (χ0v) is 17.3. The predicted molar refractivity (Wildman–Crippen MR) is 111 cm³/mol. The monoisotopic (exact) mass is 446 g/mol. The average molecular weight is 447 g/mol. The highest BCUT2D eigenvalue weighted by Crippen LogP contribution is 2.22. The number of ether oxygens (including phenoxy) is 2. The number of carbonyl (C=O) groups is 2. The minimum atomic E-state index is -0.266. The zero-order valence-electron chi connectivity index (χ0n) is 15.7. The van der Waals surface area contributed by atoms with E-state index in [-0.39, 0.29) is 24.5 Å². The van der Waals surface area contributed by atoms with Crippen molar-refractivity contribution in [3.05, 3.63) is 58.1 Å². The second kappa shape index (κ2) is 9.71. The van der Waals surface area contributed by atoms with Crippen molar-refractivity contribution >= 4 is 33.4 Å². The van der Waals surface area contributed by atoms with E-state index in [1.54, 1.807) is 24.3 Å². The van der Waals surface area contributed by atoms with Gasteiger partial charge in [-0.1, -0.05) is 15.9 Å². The molecule has 2 amide bonds. The van der Waals surface area contributed by atoms with Crippen LogP contribution in [-0.4, -0.2) is 37.7 Å². The zero-order chi connectivity index (χ0) is 19.9. The quantitative estimate of drug-likeness (QED) is 0.679. The van der Waals surface area contributed by atoms with Crippen LogP contribution in [0.3, 0.4) is 0 Å². The van der Waals surface area contributed by atoms with Gasteiger partial charge in [0.05, 0.1) is 6.10 Å². The van der Waals surface area contributed by atoms with Crippen molar-refractivity contribution in [3.8, 4) is 5.75 Å². The Morgan fingerprint density at radius 2 is 2.00 bits per heavy atom. The lowest BCUT2D eigenvalue weighted by Crippen LogP contribution is -2.31. The highest BCUT2D eigenvalue weighted by atomic mass is 79.9. The van der Waals surface area contributed by atoms with Crippen LogP contribution in [0.2, 0.25) is 0 Å². The number of halogens is 1. The summed E-state index contributed by atoms with van der Waals surface area (Å²) in [4.78, 5) is 24.3. The summed E-state index contributed by atoms with van der Waals surface area (Å²) < 4.78 is 12.0. The molecule has 1 unspecified atom stereocenters. The van der Waals surface area contributed by atoms with Gasteiger partial charge < -0.3 is 20.1 Å². The molecule has 28 heavy (non-hydrogen) atoms. The standard InChI is InChI=1S/C21H23BrN2O4/c1-14-11-16(22)6-9-19(14)28-13-20(25)24-17-7-4-15(5-8-17)21(26)23-12-18-3-2-10-27-18/h4-9,11,18H,2-3,10,12-13H2,1H3,(H,23,26)(H,24,25). The van der Waals surface area contributed by atoms with E-state index < -0.39 is 0 Å². The summed E-state index contributed by atoms with van der Waals surface area (Å²) in [6.45, 7) is 3.11. The topological polar surface area (TPSA) is 76.7 Å². The van der Waals surface area contributed by atoms with Crippen LogP contribution >= 0.6 is 15.9 Å². The molecule has 1 fully saturated rings. The predicted octanol–water partition coefficient (Wildman–Crippen LogP) is 3.68. The van der Waals surface area contributed by atoms with Crippen LogP contribution in [0.4, 0.5) is 5.69 Å². The molecule has 1 aliphatic rings. The first-order chi connectivity index (χ1) is 13.5. The molecule has 7 heteroatoms. The Morgan fingerprint density at radius 1 is 1.21 bits per heavy atom. The van der Waals surface area contributed by atoms with Crippen molar-refractivity contribution in [2.45, 2.75) is 25.9 Å². The van der Waals surface area contributed by atoms with Crippen LogP contribution in [0, 0.1) is 6.92 Å². The molecule has 0 radical (unpaired) electrons. The van der Waals surface area contributed by atoms with Gasteiger partial charge in [-0.05, 0) is 67.8 Å². The van der Waals surface area contributed by atoms with Crippen LogP contribution in [0.25, 0.3) is 0 Å². The Balaban J connectivity index is 1.46. The molecule has 0 saturated carbocycles. The molecule has 0 aromatic heterocycles. The lowest BCUT2D eigenvalue weighted by Gasteiger charge is -2.12. The fourth-order valence-corrected chi connectivity index (χ4v) is 3.41. The molecule has 0 aliphatic carbocycles. The van der Waals surface area contributed by atoms with Crippen LogP contribution in [0.1, 0.15) is 28.8 Å². The first-order valence-electron chi connectivity index (χ1n) is 9.20. The number of aryl methyl sites for hydroxylation is 1. The lowest BCUT2D eigenvalue weighted by molar-refractivity contribution is -0.118. The number of rotatable bonds is 7. The van der Waals surface area contributed by atoms with Crippen molar-refractivity contribution in [1.82, 2.24) is 5.32 Å². The summed E-state index contributed by atoms with van der Waals surface area (Å²) in [5, 5.41) is 5.64. The van der Waals surface area contributed by atoms with Gasteiger partial charge in [0, 0.05) is 28.9 Å². The van der Waals surface area contributed by atoms with Gasteiger partial charge in [0.2, 0.25) is 0 Å². The number of amides is 2. The van der Waals surface area contributed by atoms with Crippen LogP contribution in [0.5, 0.6) is 5.75 Å². The fraction of sp³-hybridized carbons (Fsp3) is 0.333. The van der Waals surface area contributed by atoms with E-state index in [0.717, 1.165) is 29.5 Å². The number of hydrogen-bond donors (Lipinski definition) is 2. The smallest absolute Gasteiger partial charge is 0.262 e. The Hall–Kier alpha value is -2.38. The first kappa shape index (κ1) is 20.4. The summed E-state index contributed by atoms with van der Waals surface area (Å²) in [7, 11) is 0. The number of carbonyl (C=O) groups excluding carboxylic acids is 2. The van der Waals surface area contributed by atoms with Gasteiger partial charge in [-0.25, -0.2) is 0 Å². The van der Waals surface area contributed by atoms with Crippen molar-refractivity contribution in [2.75, 3.05) is 25.1 Å². The second-order valence-electron chi connectivity index (χ2n) is 6.67. The first-order valence-corrected chi connectivity index (χ1v) is 9.99. The van der Waals surface area contributed by atoms with Gasteiger partial charge in [0.15, 0.2) is 6.61 Å². The highest BCUT2D eigenvalue weighted by Gasteiger charge is 2.16. The van der Waals surface area contributed by atoms with E-state index in [1.165, 1.54) is 0 Å². The van der Waals surface area contributed by atoms with Crippen LogP contribution < -0.4 is 15.4 Å². The third-order valence-corrected chi connectivity index (χ3v) is 4.93. The van der Waals surface area contributed by atoms with E-state index in [2.05, 4.69) is 26.6 Å². The molecule has 1 heterocycles.